The number of aliphatic hydroxyl groups is 1. The SMILES string of the molecule is O=C(O)CCCOc1ccc(C(O)(c2ccccc2)c2ccccc2)cc1. The average Bonchev–Trinajstić information content (AvgIpc) is 2.72. The quantitative estimate of drug-likeness (QED) is 0.465. The van der Waals surface area contributed by atoms with Crippen molar-refractivity contribution in [3.05, 3.63) is 102 Å². The molecule has 0 saturated heterocycles. The van der Waals surface area contributed by atoms with Gasteiger partial charge in [0, 0.05) is 6.42 Å². The maximum atomic E-state index is 11.7. The summed E-state index contributed by atoms with van der Waals surface area (Å²) in [6, 6.07) is 26.4. The summed E-state index contributed by atoms with van der Waals surface area (Å²) in [6.45, 7) is 0.341. The van der Waals surface area contributed by atoms with Gasteiger partial charge in [0.05, 0.1) is 6.61 Å². The number of rotatable bonds is 8. The van der Waals surface area contributed by atoms with Gasteiger partial charge < -0.3 is 14.9 Å². The summed E-state index contributed by atoms with van der Waals surface area (Å²) in [5.41, 5.74) is 1.03. The van der Waals surface area contributed by atoms with Gasteiger partial charge >= 0.3 is 5.97 Å². The molecule has 2 N–H and O–H groups in total. The highest BCUT2D eigenvalue weighted by Crippen LogP contribution is 2.37. The lowest BCUT2D eigenvalue weighted by Gasteiger charge is -2.30. The fourth-order valence-corrected chi connectivity index (χ4v) is 3.06. The molecular weight excluding hydrogens is 340 g/mol. The van der Waals surface area contributed by atoms with Crippen molar-refractivity contribution in [3.8, 4) is 5.75 Å². The van der Waals surface area contributed by atoms with E-state index in [1.807, 2.05) is 72.8 Å². The molecule has 4 heteroatoms. The largest absolute Gasteiger partial charge is 0.494 e. The smallest absolute Gasteiger partial charge is 0.303 e. The molecule has 0 aliphatic rings. The van der Waals surface area contributed by atoms with Crippen LogP contribution < -0.4 is 4.74 Å². The number of aliphatic carboxylic acids is 1. The Morgan fingerprint density at radius 2 is 1.26 bits per heavy atom. The summed E-state index contributed by atoms with van der Waals surface area (Å²) in [4.78, 5) is 10.6. The first kappa shape index (κ1) is 18.7. The van der Waals surface area contributed by atoms with Gasteiger partial charge in [-0.05, 0) is 35.2 Å². The van der Waals surface area contributed by atoms with Crippen LogP contribution in [0.1, 0.15) is 29.5 Å². The Morgan fingerprint density at radius 1 is 0.778 bits per heavy atom. The Morgan fingerprint density at radius 3 is 1.74 bits per heavy atom. The van der Waals surface area contributed by atoms with Crippen molar-refractivity contribution in [3.63, 3.8) is 0 Å². The number of carbonyl (C=O) groups is 1. The topological polar surface area (TPSA) is 66.8 Å². The summed E-state index contributed by atoms with van der Waals surface area (Å²) in [5, 5.41) is 20.4. The number of hydrogen-bond acceptors (Lipinski definition) is 3. The molecule has 0 aliphatic carbocycles. The molecule has 0 saturated carbocycles. The second-order valence-corrected chi connectivity index (χ2v) is 6.31. The van der Waals surface area contributed by atoms with Crippen molar-refractivity contribution < 1.29 is 19.7 Å². The van der Waals surface area contributed by atoms with Crippen molar-refractivity contribution >= 4 is 5.97 Å². The molecule has 0 heterocycles. The van der Waals surface area contributed by atoms with Crippen LogP contribution >= 0.6 is 0 Å². The highest BCUT2D eigenvalue weighted by Gasteiger charge is 2.33. The number of hydrogen-bond donors (Lipinski definition) is 2. The van der Waals surface area contributed by atoms with E-state index in [-0.39, 0.29) is 6.42 Å². The average molecular weight is 362 g/mol. The van der Waals surface area contributed by atoms with Gasteiger partial charge in [-0.3, -0.25) is 4.79 Å². The van der Waals surface area contributed by atoms with Crippen LogP contribution in [0.25, 0.3) is 0 Å². The molecule has 3 aromatic carbocycles. The monoisotopic (exact) mass is 362 g/mol. The second kappa shape index (κ2) is 8.52. The van der Waals surface area contributed by atoms with Crippen LogP contribution in [-0.2, 0) is 10.4 Å². The number of ether oxygens (including phenoxy) is 1. The fourth-order valence-electron chi connectivity index (χ4n) is 3.06. The highest BCUT2D eigenvalue weighted by atomic mass is 16.5. The fraction of sp³-hybridized carbons (Fsp3) is 0.174. The summed E-state index contributed by atoms with van der Waals surface area (Å²) in [5.74, 6) is -0.183. The maximum Gasteiger partial charge on any atom is 0.303 e. The van der Waals surface area contributed by atoms with Crippen LogP contribution in [0, 0.1) is 0 Å². The van der Waals surface area contributed by atoms with E-state index in [0.29, 0.717) is 18.8 Å². The van der Waals surface area contributed by atoms with Crippen molar-refractivity contribution in [2.45, 2.75) is 18.4 Å². The molecule has 0 amide bonds. The molecule has 4 nitrogen and oxygen atoms in total. The zero-order valence-corrected chi connectivity index (χ0v) is 14.9. The molecule has 3 aromatic rings. The van der Waals surface area contributed by atoms with Gasteiger partial charge in [-0.25, -0.2) is 0 Å². The van der Waals surface area contributed by atoms with Crippen molar-refractivity contribution in [1.82, 2.24) is 0 Å². The number of carboxylic acid groups (broad SMARTS) is 1. The van der Waals surface area contributed by atoms with Gasteiger partial charge in [0.25, 0.3) is 0 Å². The molecule has 138 valence electrons. The zero-order valence-electron chi connectivity index (χ0n) is 14.9. The molecule has 27 heavy (non-hydrogen) atoms. The van der Waals surface area contributed by atoms with Gasteiger partial charge in [0.15, 0.2) is 0 Å². The third-order valence-electron chi connectivity index (χ3n) is 4.46. The normalized spacial score (nSPS) is 11.1. The standard InChI is InChI=1S/C23H22O4/c24-22(25)12-7-17-27-21-15-13-20(14-16-21)23(26,18-8-3-1-4-9-18)19-10-5-2-6-11-19/h1-6,8-11,13-16,26H,7,12,17H2,(H,24,25). The van der Waals surface area contributed by atoms with Crippen LogP contribution in [0.2, 0.25) is 0 Å². The van der Waals surface area contributed by atoms with Crippen LogP contribution in [0.3, 0.4) is 0 Å². The van der Waals surface area contributed by atoms with E-state index in [1.165, 1.54) is 0 Å². The van der Waals surface area contributed by atoms with Gasteiger partial charge in [0.1, 0.15) is 11.4 Å². The molecule has 0 aliphatic heterocycles. The molecule has 0 bridgehead atoms. The van der Waals surface area contributed by atoms with E-state index in [4.69, 9.17) is 9.84 Å². The van der Waals surface area contributed by atoms with Gasteiger partial charge in [-0.1, -0.05) is 72.8 Å². The lowest BCUT2D eigenvalue weighted by atomic mass is 9.80. The predicted molar refractivity (Wildman–Crippen MR) is 104 cm³/mol. The Bertz CT molecular complexity index is 818. The molecule has 0 aromatic heterocycles. The molecule has 0 spiro atoms. The van der Waals surface area contributed by atoms with Crippen LogP contribution in [0.4, 0.5) is 0 Å². The highest BCUT2D eigenvalue weighted by molar-refractivity contribution is 5.66. The molecule has 0 atom stereocenters. The Kier molecular flexibility index (Phi) is 5.89. The van der Waals surface area contributed by atoms with E-state index in [1.54, 1.807) is 12.1 Å². The third kappa shape index (κ3) is 4.36. The Labute approximate surface area is 158 Å². The van der Waals surface area contributed by atoms with Gasteiger partial charge in [-0.2, -0.15) is 0 Å². The van der Waals surface area contributed by atoms with E-state index >= 15 is 0 Å². The first-order valence-electron chi connectivity index (χ1n) is 8.89. The Balaban J connectivity index is 1.87. The lowest BCUT2D eigenvalue weighted by Crippen LogP contribution is -2.28. The van der Waals surface area contributed by atoms with Crippen LogP contribution in [0.5, 0.6) is 5.75 Å². The summed E-state index contributed by atoms with van der Waals surface area (Å²) in [6.07, 6.45) is 0.537. The van der Waals surface area contributed by atoms with Gasteiger partial charge in [-0.15, -0.1) is 0 Å². The zero-order chi connectivity index (χ0) is 19.1. The summed E-state index contributed by atoms with van der Waals surface area (Å²) >= 11 is 0. The first-order chi connectivity index (χ1) is 13.1. The minimum absolute atomic E-state index is 0.0832. The van der Waals surface area contributed by atoms with Crippen molar-refractivity contribution in [2.24, 2.45) is 0 Å². The molecule has 0 fully saturated rings. The van der Waals surface area contributed by atoms with E-state index in [0.717, 1.165) is 16.7 Å². The maximum absolute atomic E-state index is 11.7. The van der Waals surface area contributed by atoms with Crippen LogP contribution in [-0.4, -0.2) is 22.8 Å². The minimum atomic E-state index is -1.27. The number of carboxylic acids is 1. The Hall–Kier alpha value is -3.11. The number of benzene rings is 3. The predicted octanol–water partition coefficient (Wildman–Crippen LogP) is 4.21. The van der Waals surface area contributed by atoms with Crippen molar-refractivity contribution in [2.75, 3.05) is 6.61 Å². The third-order valence-corrected chi connectivity index (χ3v) is 4.46. The molecular formula is C23H22O4. The van der Waals surface area contributed by atoms with E-state index in [9.17, 15) is 9.90 Å². The second-order valence-electron chi connectivity index (χ2n) is 6.31. The first-order valence-corrected chi connectivity index (χ1v) is 8.89. The van der Waals surface area contributed by atoms with E-state index in [2.05, 4.69) is 0 Å². The molecule has 0 unspecified atom stereocenters. The van der Waals surface area contributed by atoms with Crippen molar-refractivity contribution in [1.29, 1.82) is 0 Å². The van der Waals surface area contributed by atoms with Crippen LogP contribution in [0.15, 0.2) is 84.9 Å². The lowest BCUT2D eigenvalue weighted by molar-refractivity contribution is -0.137. The molecule has 3 rings (SSSR count). The minimum Gasteiger partial charge on any atom is -0.494 e. The summed E-state index contributed by atoms with van der Waals surface area (Å²) in [7, 11) is 0. The van der Waals surface area contributed by atoms with Gasteiger partial charge in [0.2, 0.25) is 0 Å². The molecule has 0 radical (unpaired) electrons. The summed E-state index contributed by atoms with van der Waals surface area (Å²) < 4.78 is 5.59. The van der Waals surface area contributed by atoms with E-state index < -0.39 is 11.6 Å².